The predicted molar refractivity (Wildman–Crippen MR) is 83.2 cm³/mol. The maximum Gasteiger partial charge on any atom is 0.261 e. The van der Waals surface area contributed by atoms with Gasteiger partial charge in [0.1, 0.15) is 0 Å². The van der Waals surface area contributed by atoms with E-state index in [1.807, 2.05) is 19.9 Å². The van der Waals surface area contributed by atoms with Crippen molar-refractivity contribution in [2.24, 2.45) is 0 Å². The number of benzene rings is 2. The molecule has 0 heterocycles. The van der Waals surface area contributed by atoms with Crippen LogP contribution in [0.25, 0.3) is 0 Å². The Morgan fingerprint density at radius 2 is 1.62 bits per heavy atom. The van der Waals surface area contributed by atoms with Gasteiger partial charge in [-0.05, 0) is 56.2 Å². The predicted octanol–water partition coefficient (Wildman–Crippen LogP) is 3.31. The number of hydrogen-bond acceptors (Lipinski definition) is 3. The Balaban J connectivity index is 2.38. The third-order valence-corrected chi connectivity index (χ3v) is 4.40. The number of rotatable bonds is 4. The highest BCUT2D eigenvalue weighted by Gasteiger charge is 2.15. The molecule has 0 aromatic heterocycles. The second kappa shape index (κ2) is 5.69. The number of aryl methyl sites for hydroxylation is 2. The number of nitrogens with one attached hydrogen (secondary N) is 1. The second-order valence-electron chi connectivity index (χ2n) is 5.07. The molecule has 0 atom stereocenters. The van der Waals surface area contributed by atoms with Crippen molar-refractivity contribution in [3.63, 3.8) is 0 Å². The van der Waals surface area contributed by atoms with Gasteiger partial charge in [-0.25, -0.2) is 8.42 Å². The van der Waals surface area contributed by atoms with Gasteiger partial charge >= 0.3 is 0 Å². The normalized spacial score (nSPS) is 11.2. The fraction of sp³-hybridized carbons (Fsp3) is 0.188. The van der Waals surface area contributed by atoms with Crippen molar-refractivity contribution in [3.05, 3.63) is 59.2 Å². The van der Waals surface area contributed by atoms with Gasteiger partial charge in [0.2, 0.25) is 0 Å². The van der Waals surface area contributed by atoms with Crippen LogP contribution in [0.5, 0.6) is 0 Å². The Morgan fingerprint density at radius 3 is 2.19 bits per heavy atom. The summed E-state index contributed by atoms with van der Waals surface area (Å²) in [6, 6.07) is 11.5. The van der Waals surface area contributed by atoms with E-state index in [0.717, 1.165) is 11.1 Å². The molecular formula is C16H17NO3S. The molecule has 0 radical (unpaired) electrons. The molecule has 5 heteroatoms. The zero-order chi connectivity index (χ0) is 15.6. The van der Waals surface area contributed by atoms with Gasteiger partial charge < -0.3 is 0 Å². The SMILES string of the molecule is CC(=O)c1cccc(S(=O)(=O)Nc2cc(C)cc(C)c2)c1. The summed E-state index contributed by atoms with van der Waals surface area (Å²) < 4.78 is 27.3. The van der Waals surface area contributed by atoms with Crippen LogP contribution in [0.15, 0.2) is 47.4 Å². The molecule has 0 aliphatic carbocycles. The molecule has 2 aromatic carbocycles. The van der Waals surface area contributed by atoms with Crippen LogP contribution in [0.1, 0.15) is 28.4 Å². The average molecular weight is 303 g/mol. The van der Waals surface area contributed by atoms with E-state index < -0.39 is 10.0 Å². The molecule has 2 aromatic rings. The first-order chi connectivity index (χ1) is 9.78. The van der Waals surface area contributed by atoms with Gasteiger partial charge in [0.15, 0.2) is 5.78 Å². The second-order valence-corrected chi connectivity index (χ2v) is 6.75. The van der Waals surface area contributed by atoms with E-state index in [1.54, 1.807) is 24.3 Å². The minimum atomic E-state index is -3.71. The molecule has 0 aliphatic heterocycles. The van der Waals surface area contributed by atoms with E-state index in [2.05, 4.69) is 4.72 Å². The van der Waals surface area contributed by atoms with Gasteiger partial charge in [-0.15, -0.1) is 0 Å². The van der Waals surface area contributed by atoms with Crippen LogP contribution in [-0.2, 0) is 10.0 Å². The van der Waals surface area contributed by atoms with Crippen molar-refractivity contribution in [3.8, 4) is 0 Å². The molecule has 0 saturated carbocycles. The summed E-state index contributed by atoms with van der Waals surface area (Å²) in [6.07, 6.45) is 0. The van der Waals surface area contributed by atoms with Crippen LogP contribution in [0.3, 0.4) is 0 Å². The van der Waals surface area contributed by atoms with Crippen molar-refractivity contribution in [2.45, 2.75) is 25.7 Å². The minimum Gasteiger partial charge on any atom is -0.295 e. The number of carbonyl (C=O) groups is 1. The van der Waals surface area contributed by atoms with Crippen molar-refractivity contribution in [2.75, 3.05) is 4.72 Å². The lowest BCUT2D eigenvalue weighted by Gasteiger charge is -2.10. The molecule has 4 nitrogen and oxygen atoms in total. The summed E-state index contributed by atoms with van der Waals surface area (Å²) in [4.78, 5) is 11.4. The van der Waals surface area contributed by atoms with Crippen molar-refractivity contribution < 1.29 is 13.2 Å². The van der Waals surface area contributed by atoms with E-state index in [9.17, 15) is 13.2 Å². The number of anilines is 1. The smallest absolute Gasteiger partial charge is 0.261 e. The number of hydrogen-bond donors (Lipinski definition) is 1. The van der Waals surface area contributed by atoms with Gasteiger partial charge in [-0.1, -0.05) is 18.2 Å². The lowest BCUT2D eigenvalue weighted by Crippen LogP contribution is -2.13. The van der Waals surface area contributed by atoms with Gasteiger partial charge in [-0.2, -0.15) is 0 Å². The summed E-state index contributed by atoms with van der Waals surface area (Å²) in [5, 5.41) is 0. The van der Waals surface area contributed by atoms with Gasteiger partial charge in [0.25, 0.3) is 10.0 Å². The largest absolute Gasteiger partial charge is 0.295 e. The number of sulfonamides is 1. The van der Waals surface area contributed by atoms with Gasteiger partial charge in [-0.3, -0.25) is 9.52 Å². The molecule has 0 aliphatic rings. The summed E-state index contributed by atoms with van der Waals surface area (Å²) >= 11 is 0. The number of Topliss-reactive ketones (excluding diaryl/α,β-unsaturated/α-hetero) is 1. The average Bonchev–Trinajstić information content (AvgIpc) is 2.37. The fourth-order valence-electron chi connectivity index (χ4n) is 2.13. The molecule has 0 saturated heterocycles. The van der Waals surface area contributed by atoms with Crippen LogP contribution < -0.4 is 4.72 Å². The van der Waals surface area contributed by atoms with E-state index in [0.29, 0.717) is 11.3 Å². The van der Waals surface area contributed by atoms with Crippen LogP contribution in [-0.4, -0.2) is 14.2 Å². The summed E-state index contributed by atoms with van der Waals surface area (Å²) in [6.45, 7) is 5.21. The first-order valence-electron chi connectivity index (χ1n) is 6.50. The Morgan fingerprint density at radius 1 is 1.00 bits per heavy atom. The molecule has 2 rings (SSSR count). The van der Waals surface area contributed by atoms with Crippen LogP contribution in [0.4, 0.5) is 5.69 Å². The molecule has 0 unspecified atom stereocenters. The van der Waals surface area contributed by atoms with Crippen LogP contribution in [0, 0.1) is 13.8 Å². The van der Waals surface area contributed by atoms with E-state index in [-0.39, 0.29) is 10.7 Å². The summed E-state index contributed by atoms with van der Waals surface area (Å²) in [5.41, 5.74) is 2.84. The van der Waals surface area contributed by atoms with Crippen LogP contribution >= 0.6 is 0 Å². The number of carbonyl (C=O) groups excluding carboxylic acids is 1. The first-order valence-corrected chi connectivity index (χ1v) is 7.98. The van der Waals surface area contributed by atoms with Crippen LogP contribution in [0.2, 0.25) is 0 Å². The molecule has 0 fully saturated rings. The molecule has 110 valence electrons. The molecule has 0 spiro atoms. The summed E-state index contributed by atoms with van der Waals surface area (Å²) in [7, 11) is -3.71. The lowest BCUT2D eigenvalue weighted by atomic mass is 10.1. The number of ketones is 1. The highest BCUT2D eigenvalue weighted by atomic mass is 32.2. The molecule has 1 N–H and O–H groups in total. The zero-order valence-electron chi connectivity index (χ0n) is 12.2. The zero-order valence-corrected chi connectivity index (χ0v) is 13.0. The van der Waals surface area contributed by atoms with E-state index in [1.165, 1.54) is 19.1 Å². The molecule has 0 bridgehead atoms. The Labute approximate surface area is 124 Å². The standard InChI is InChI=1S/C16H17NO3S/c1-11-7-12(2)9-15(8-11)17-21(19,20)16-6-4-5-14(10-16)13(3)18/h4-10,17H,1-3H3. The third kappa shape index (κ3) is 3.70. The Kier molecular flexibility index (Phi) is 4.14. The van der Waals surface area contributed by atoms with Crippen molar-refractivity contribution >= 4 is 21.5 Å². The Bertz CT molecular complexity index is 775. The topological polar surface area (TPSA) is 63.2 Å². The first kappa shape index (κ1) is 15.3. The van der Waals surface area contributed by atoms with Crippen molar-refractivity contribution in [1.29, 1.82) is 0 Å². The molecule has 21 heavy (non-hydrogen) atoms. The minimum absolute atomic E-state index is 0.0781. The molecule has 0 amide bonds. The highest BCUT2D eigenvalue weighted by Crippen LogP contribution is 2.19. The summed E-state index contributed by atoms with van der Waals surface area (Å²) in [5.74, 6) is -0.168. The third-order valence-electron chi connectivity index (χ3n) is 3.02. The maximum absolute atomic E-state index is 12.4. The quantitative estimate of drug-likeness (QED) is 0.881. The molecular weight excluding hydrogens is 286 g/mol. The highest BCUT2D eigenvalue weighted by molar-refractivity contribution is 7.92. The fourth-order valence-corrected chi connectivity index (χ4v) is 3.22. The van der Waals surface area contributed by atoms with Crippen molar-refractivity contribution in [1.82, 2.24) is 0 Å². The Hall–Kier alpha value is -2.14. The van der Waals surface area contributed by atoms with Gasteiger partial charge in [0, 0.05) is 11.3 Å². The van der Waals surface area contributed by atoms with Gasteiger partial charge in [0.05, 0.1) is 4.90 Å². The van der Waals surface area contributed by atoms with E-state index in [4.69, 9.17) is 0 Å². The lowest BCUT2D eigenvalue weighted by molar-refractivity contribution is 0.101. The van der Waals surface area contributed by atoms with E-state index >= 15 is 0 Å². The maximum atomic E-state index is 12.4. The monoisotopic (exact) mass is 303 g/mol.